The van der Waals surface area contributed by atoms with Crippen LogP contribution in [0.2, 0.25) is 0 Å². The Morgan fingerprint density at radius 1 is 1.25 bits per heavy atom. The third-order valence-corrected chi connectivity index (χ3v) is 4.94. The molecule has 1 saturated heterocycles. The molecule has 4 heteroatoms. The fourth-order valence-electron chi connectivity index (χ4n) is 4.17. The Bertz CT molecular complexity index is 505. The molecule has 3 aliphatic rings. The minimum absolute atomic E-state index is 0. The highest BCUT2D eigenvalue weighted by atomic mass is 79.9. The summed E-state index contributed by atoms with van der Waals surface area (Å²) in [5, 5.41) is 0. The molecule has 0 radical (unpaired) electrons. The molecular weight excluding hydrogens is 318 g/mol. The summed E-state index contributed by atoms with van der Waals surface area (Å²) < 4.78 is 11.2. The van der Waals surface area contributed by atoms with Gasteiger partial charge in [0.15, 0.2) is 11.5 Å². The van der Waals surface area contributed by atoms with Crippen molar-refractivity contribution in [1.29, 1.82) is 0 Å². The van der Waals surface area contributed by atoms with Gasteiger partial charge in [-0.05, 0) is 50.4 Å². The zero-order valence-corrected chi connectivity index (χ0v) is 13.6. The van der Waals surface area contributed by atoms with Crippen LogP contribution in [0.5, 0.6) is 11.5 Å². The van der Waals surface area contributed by atoms with E-state index in [0.29, 0.717) is 12.7 Å². The molecule has 1 aromatic rings. The summed E-state index contributed by atoms with van der Waals surface area (Å²) in [7, 11) is 0. The number of benzene rings is 1. The van der Waals surface area contributed by atoms with Gasteiger partial charge in [0.25, 0.3) is 0 Å². The number of nitrogens with zero attached hydrogens (tertiary/aromatic N) is 1. The minimum Gasteiger partial charge on any atom is -0.454 e. The van der Waals surface area contributed by atoms with E-state index < -0.39 is 0 Å². The van der Waals surface area contributed by atoms with Crippen LogP contribution in [0.1, 0.15) is 43.2 Å². The Morgan fingerprint density at radius 2 is 2.15 bits per heavy atom. The maximum Gasteiger partial charge on any atom is 0.231 e. The van der Waals surface area contributed by atoms with Gasteiger partial charge >= 0.3 is 0 Å². The van der Waals surface area contributed by atoms with E-state index in [0.717, 1.165) is 24.0 Å². The predicted molar refractivity (Wildman–Crippen MR) is 84.2 cm³/mol. The summed E-state index contributed by atoms with van der Waals surface area (Å²) in [4.78, 5) is 2.69. The van der Waals surface area contributed by atoms with E-state index in [9.17, 15) is 0 Å². The molecule has 0 aromatic heterocycles. The molecule has 1 aromatic carbocycles. The molecule has 0 spiro atoms. The first-order chi connectivity index (χ1) is 9.38. The molecule has 0 amide bonds. The van der Waals surface area contributed by atoms with Crippen molar-refractivity contribution in [2.75, 3.05) is 19.9 Å². The molecule has 2 atom stereocenters. The van der Waals surface area contributed by atoms with Gasteiger partial charge in [0, 0.05) is 17.5 Å². The second-order valence-electron chi connectivity index (χ2n) is 5.90. The molecule has 0 unspecified atom stereocenters. The molecule has 1 fully saturated rings. The number of ether oxygens (including phenoxy) is 2. The van der Waals surface area contributed by atoms with Crippen LogP contribution in [-0.2, 0) is 6.42 Å². The van der Waals surface area contributed by atoms with E-state index in [1.165, 1.54) is 43.5 Å². The van der Waals surface area contributed by atoms with E-state index in [1.54, 1.807) is 0 Å². The van der Waals surface area contributed by atoms with E-state index in [4.69, 9.17) is 9.47 Å². The van der Waals surface area contributed by atoms with Crippen LogP contribution in [0, 0.1) is 0 Å². The number of hydrogen-bond acceptors (Lipinski definition) is 3. The second kappa shape index (κ2) is 5.57. The van der Waals surface area contributed by atoms with E-state index in [-0.39, 0.29) is 17.0 Å². The number of hydrogen-bond donors (Lipinski definition) is 0. The summed E-state index contributed by atoms with van der Waals surface area (Å²) in [5.41, 5.74) is 2.95. The quantitative estimate of drug-likeness (QED) is 0.822. The fourth-order valence-corrected chi connectivity index (χ4v) is 4.17. The van der Waals surface area contributed by atoms with Crippen molar-refractivity contribution in [1.82, 2.24) is 4.90 Å². The van der Waals surface area contributed by atoms with Crippen molar-refractivity contribution < 1.29 is 9.47 Å². The van der Waals surface area contributed by atoms with Crippen LogP contribution in [0.25, 0.3) is 0 Å². The van der Waals surface area contributed by atoms with Crippen molar-refractivity contribution in [2.45, 2.75) is 44.6 Å². The average Bonchev–Trinajstić information content (AvgIpc) is 3.05. The topological polar surface area (TPSA) is 21.7 Å². The van der Waals surface area contributed by atoms with Crippen molar-refractivity contribution in [3.05, 3.63) is 23.3 Å². The Labute approximate surface area is 131 Å². The number of likely N-dealkylation sites (tertiary alicyclic amines) is 1. The standard InChI is InChI=1S/C16H21NO2.BrH/c1-2-8-17-9-7-12-11-4-6-15-16(19-10-18-15)13(11)3-5-14(12)17;/h4,6,12,14H,2-3,5,7-10H2,1H3;1H/t12-,14-;/m0./s1. The first-order valence-corrected chi connectivity index (χ1v) is 7.54. The molecule has 20 heavy (non-hydrogen) atoms. The molecule has 1 aliphatic carbocycles. The summed E-state index contributed by atoms with van der Waals surface area (Å²) in [6, 6.07) is 5.15. The Morgan fingerprint density at radius 3 is 3.00 bits per heavy atom. The predicted octanol–water partition coefficient (Wildman–Crippen LogP) is 3.51. The average molecular weight is 340 g/mol. The highest BCUT2D eigenvalue weighted by Gasteiger charge is 2.40. The number of fused-ring (bicyclic) bond motifs is 5. The Hall–Kier alpha value is -0.740. The lowest BCUT2D eigenvalue weighted by molar-refractivity contribution is 0.172. The summed E-state index contributed by atoms with van der Waals surface area (Å²) >= 11 is 0. The van der Waals surface area contributed by atoms with Crippen LogP contribution >= 0.6 is 17.0 Å². The fraction of sp³-hybridized carbons (Fsp3) is 0.625. The van der Waals surface area contributed by atoms with Gasteiger partial charge in [-0.1, -0.05) is 13.0 Å². The molecule has 2 heterocycles. The lowest BCUT2D eigenvalue weighted by atomic mass is 9.79. The third kappa shape index (κ3) is 2.04. The highest BCUT2D eigenvalue weighted by molar-refractivity contribution is 8.93. The zero-order chi connectivity index (χ0) is 12.8. The normalized spacial score (nSPS) is 26.9. The van der Waals surface area contributed by atoms with Gasteiger partial charge in [0.05, 0.1) is 0 Å². The van der Waals surface area contributed by atoms with E-state index in [1.807, 2.05) is 0 Å². The molecular formula is C16H22BrNO2. The maximum absolute atomic E-state index is 5.68. The molecule has 0 N–H and O–H groups in total. The van der Waals surface area contributed by atoms with Crippen LogP contribution in [0.15, 0.2) is 12.1 Å². The first-order valence-electron chi connectivity index (χ1n) is 7.54. The SMILES string of the molecule is Br.CCCN1CC[C@H]2c3ccc4c(c3CC[C@@H]21)OCO4. The van der Waals surface area contributed by atoms with Crippen LogP contribution < -0.4 is 9.47 Å². The van der Waals surface area contributed by atoms with Crippen molar-refractivity contribution in [3.8, 4) is 11.5 Å². The van der Waals surface area contributed by atoms with Gasteiger partial charge in [0.2, 0.25) is 6.79 Å². The summed E-state index contributed by atoms with van der Waals surface area (Å²) in [6.07, 6.45) is 4.98. The van der Waals surface area contributed by atoms with Crippen molar-refractivity contribution in [2.24, 2.45) is 0 Å². The maximum atomic E-state index is 5.68. The largest absolute Gasteiger partial charge is 0.454 e. The van der Waals surface area contributed by atoms with Gasteiger partial charge in [-0.3, -0.25) is 4.90 Å². The first kappa shape index (κ1) is 14.2. The molecule has 4 rings (SSSR count). The highest BCUT2D eigenvalue weighted by Crippen LogP contribution is 2.48. The van der Waals surface area contributed by atoms with E-state index in [2.05, 4.69) is 24.0 Å². The van der Waals surface area contributed by atoms with Crippen molar-refractivity contribution in [3.63, 3.8) is 0 Å². The summed E-state index contributed by atoms with van der Waals surface area (Å²) in [5.74, 6) is 2.69. The number of rotatable bonds is 2. The van der Waals surface area contributed by atoms with Gasteiger partial charge in [-0.2, -0.15) is 0 Å². The van der Waals surface area contributed by atoms with E-state index >= 15 is 0 Å². The Kier molecular flexibility index (Phi) is 3.95. The van der Waals surface area contributed by atoms with Gasteiger partial charge in [-0.25, -0.2) is 0 Å². The third-order valence-electron chi connectivity index (χ3n) is 4.94. The second-order valence-corrected chi connectivity index (χ2v) is 5.90. The molecule has 0 bridgehead atoms. The van der Waals surface area contributed by atoms with Gasteiger partial charge in [0.1, 0.15) is 0 Å². The zero-order valence-electron chi connectivity index (χ0n) is 11.9. The molecule has 3 nitrogen and oxygen atoms in total. The van der Waals surface area contributed by atoms with Crippen molar-refractivity contribution >= 4 is 17.0 Å². The monoisotopic (exact) mass is 339 g/mol. The molecule has 0 saturated carbocycles. The van der Waals surface area contributed by atoms with Crippen LogP contribution in [-0.4, -0.2) is 30.8 Å². The lowest BCUT2D eigenvalue weighted by Crippen LogP contribution is -2.35. The number of halogens is 1. The summed E-state index contributed by atoms with van der Waals surface area (Å²) in [6.45, 7) is 5.18. The van der Waals surface area contributed by atoms with Gasteiger partial charge in [-0.15, -0.1) is 17.0 Å². The smallest absolute Gasteiger partial charge is 0.231 e. The van der Waals surface area contributed by atoms with Crippen LogP contribution in [0.4, 0.5) is 0 Å². The Balaban J connectivity index is 0.00000121. The minimum atomic E-state index is 0. The molecule has 110 valence electrons. The van der Waals surface area contributed by atoms with Gasteiger partial charge < -0.3 is 9.47 Å². The molecule has 2 aliphatic heterocycles. The van der Waals surface area contributed by atoms with Crippen LogP contribution in [0.3, 0.4) is 0 Å². The lowest BCUT2D eigenvalue weighted by Gasteiger charge is -2.33.